The van der Waals surface area contributed by atoms with Gasteiger partial charge in [-0.15, -0.1) is 0 Å². The third-order valence-electron chi connectivity index (χ3n) is 5.55. The van der Waals surface area contributed by atoms with Crippen molar-refractivity contribution in [3.05, 3.63) is 35.4 Å². The van der Waals surface area contributed by atoms with E-state index in [4.69, 9.17) is 0 Å². The van der Waals surface area contributed by atoms with Crippen molar-refractivity contribution < 1.29 is 4.79 Å². The lowest BCUT2D eigenvalue weighted by Gasteiger charge is -2.37. The lowest BCUT2D eigenvalue weighted by atomic mass is 9.78. The number of hydrogen-bond donors (Lipinski definition) is 0. The fraction of sp³-hybridized carbons (Fsp3) is 0.632. The van der Waals surface area contributed by atoms with Gasteiger partial charge in [-0.3, -0.25) is 4.79 Å². The van der Waals surface area contributed by atoms with Crippen LogP contribution >= 0.6 is 0 Å². The van der Waals surface area contributed by atoms with Gasteiger partial charge in [0, 0.05) is 19.5 Å². The second-order valence-electron chi connectivity index (χ2n) is 7.36. The van der Waals surface area contributed by atoms with E-state index in [1.54, 1.807) is 0 Å². The highest BCUT2D eigenvalue weighted by atomic mass is 16.2. The normalized spacial score (nSPS) is 21.5. The largest absolute Gasteiger partial charge is 0.342 e. The van der Waals surface area contributed by atoms with Crippen LogP contribution in [0.25, 0.3) is 0 Å². The highest BCUT2D eigenvalue weighted by Gasteiger charge is 2.41. The van der Waals surface area contributed by atoms with E-state index < -0.39 is 0 Å². The second kappa shape index (κ2) is 6.41. The minimum atomic E-state index is 0.345. The Morgan fingerprint density at radius 1 is 1.18 bits per heavy atom. The van der Waals surface area contributed by atoms with E-state index in [0.717, 1.165) is 19.5 Å². The van der Waals surface area contributed by atoms with Gasteiger partial charge >= 0.3 is 0 Å². The standard InChI is InChI=1S/C19H28N2O/c1-16-4-3-5-17(14-16)6-7-18(22)21-13-10-19(15-21)8-11-20(2)12-9-19/h3-5,14H,6-13,15H2,1-2H3. The van der Waals surface area contributed by atoms with Crippen molar-refractivity contribution in [2.45, 2.75) is 39.0 Å². The molecular weight excluding hydrogens is 272 g/mol. The molecule has 0 aromatic heterocycles. The number of benzene rings is 1. The summed E-state index contributed by atoms with van der Waals surface area (Å²) in [5.41, 5.74) is 2.98. The van der Waals surface area contributed by atoms with E-state index in [1.165, 1.54) is 43.5 Å². The highest BCUT2D eigenvalue weighted by molar-refractivity contribution is 5.76. The molecule has 3 nitrogen and oxygen atoms in total. The monoisotopic (exact) mass is 300 g/mol. The first-order valence-corrected chi connectivity index (χ1v) is 8.58. The minimum absolute atomic E-state index is 0.345. The third-order valence-corrected chi connectivity index (χ3v) is 5.55. The molecule has 0 atom stereocenters. The minimum Gasteiger partial charge on any atom is -0.342 e. The zero-order valence-corrected chi connectivity index (χ0v) is 14.0. The number of carbonyl (C=O) groups excluding carboxylic acids is 1. The molecule has 0 saturated carbocycles. The molecule has 0 unspecified atom stereocenters. The SMILES string of the molecule is Cc1cccc(CCC(=O)N2CCC3(CCN(C)CC3)C2)c1. The van der Waals surface area contributed by atoms with E-state index >= 15 is 0 Å². The zero-order valence-electron chi connectivity index (χ0n) is 14.0. The Morgan fingerprint density at radius 2 is 1.91 bits per heavy atom. The average Bonchev–Trinajstić information content (AvgIpc) is 2.93. The lowest BCUT2D eigenvalue weighted by Crippen LogP contribution is -2.40. The smallest absolute Gasteiger partial charge is 0.222 e. The maximum absolute atomic E-state index is 12.5. The van der Waals surface area contributed by atoms with Crippen LogP contribution < -0.4 is 0 Å². The number of carbonyl (C=O) groups is 1. The summed E-state index contributed by atoms with van der Waals surface area (Å²) >= 11 is 0. The molecule has 0 aliphatic carbocycles. The molecule has 2 saturated heterocycles. The van der Waals surface area contributed by atoms with Gasteiger partial charge in [0.25, 0.3) is 0 Å². The summed E-state index contributed by atoms with van der Waals surface area (Å²) in [6, 6.07) is 8.51. The molecular formula is C19H28N2O. The average molecular weight is 300 g/mol. The summed E-state index contributed by atoms with van der Waals surface area (Å²) in [4.78, 5) is 17.0. The van der Waals surface area contributed by atoms with Crippen LogP contribution in [0.15, 0.2) is 24.3 Å². The summed E-state index contributed by atoms with van der Waals surface area (Å²) in [7, 11) is 2.20. The highest BCUT2D eigenvalue weighted by Crippen LogP contribution is 2.40. The fourth-order valence-electron chi connectivity index (χ4n) is 3.93. The number of amides is 1. The lowest BCUT2D eigenvalue weighted by molar-refractivity contribution is -0.130. The van der Waals surface area contributed by atoms with Crippen LogP contribution in [0.5, 0.6) is 0 Å². The predicted octanol–water partition coefficient (Wildman–Crippen LogP) is 2.87. The Bertz CT molecular complexity index is 532. The molecule has 2 heterocycles. The maximum Gasteiger partial charge on any atom is 0.222 e. The van der Waals surface area contributed by atoms with Crippen molar-refractivity contribution in [2.75, 3.05) is 33.2 Å². The molecule has 2 aliphatic heterocycles. The van der Waals surface area contributed by atoms with Gasteiger partial charge < -0.3 is 9.80 Å². The van der Waals surface area contributed by atoms with Crippen LogP contribution in [0, 0.1) is 12.3 Å². The van der Waals surface area contributed by atoms with E-state index in [9.17, 15) is 4.79 Å². The molecule has 2 aliphatic rings. The van der Waals surface area contributed by atoms with Gasteiger partial charge in [-0.2, -0.15) is 0 Å². The summed E-state index contributed by atoms with van der Waals surface area (Å²) in [5, 5.41) is 0. The van der Waals surface area contributed by atoms with Gasteiger partial charge in [0.05, 0.1) is 0 Å². The summed E-state index contributed by atoms with van der Waals surface area (Å²) in [6.45, 7) is 6.44. The van der Waals surface area contributed by atoms with Gasteiger partial charge in [-0.05, 0) is 63.7 Å². The maximum atomic E-state index is 12.5. The Balaban J connectivity index is 1.51. The van der Waals surface area contributed by atoms with Gasteiger partial charge in [0.1, 0.15) is 0 Å². The van der Waals surface area contributed by atoms with Crippen molar-refractivity contribution in [1.29, 1.82) is 0 Å². The third kappa shape index (κ3) is 3.52. The number of hydrogen-bond acceptors (Lipinski definition) is 2. The first-order chi connectivity index (χ1) is 10.6. The number of nitrogens with zero attached hydrogens (tertiary/aromatic N) is 2. The van der Waals surface area contributed by atoms with Crippen LogP contribution in [-0.2, 0) is 11.2 Å². The van der Waals surface area contributed by atoms with Crippen LogP contribution in [0.2, 0.25) is 0 Å². The molecule has 0 radical (unpaired) electrons. The van der Waals surface area contributed by atoms with Gasteiger partial charge in [-0.25, -0.2) is 0 Å². The van der Waals surface area contributed by atoms with Gasteiger partial charge in [0.2, 0.25) is 5.91 Å². The molecule has 3 heteroatoms. The first kappa shape index (κ1) is 15.5. The number of rotatable bonds is 3. The molecule has 3 rings (SSSR count). The summed E-state index contributed by atoms with van der Waals surface area (Å²) < 4.78 is 0. The fourth-order valence-corrected chi connectivity index (χ4v) is 3.93. The Hall–Kier alpha value is -1.35. The molecule has 0 bridgehead atoms. The van der Waals surface area contributed by atoms with E-state index in [-0.39, 0.29) is 0 Å². The van der Waals surface area contributed by atoms with Crippen molar-refractivity contribution in [3.63, 3.8) is 0 Å². The van der Waals surface area contributed by atoms with Crippen LogP contribution in [0.1, 0.15) is 36.8 Å². The predicted molar refractivity (Wildman–Crippen MR) is 89.9 cm³/mol. The number of likely N-dealkylation sites (tertiary alicyclic amines) is 2. The van der Waals surface area contributed by atoms with Crippen molar-refractivity contribution >= 4 is 5.91 Å². The Kier molecular flexibility index (Phi) is 4.53. The van der Waals surface area contributed by atoms with Gasteiger partial charge in [-0.1, -0.05) is 29.8 Å². The topological polar surface area (TPSA) is 23.6 Å². The summed E-state index contributed by atoms with van der Waals surface area (Å²) in [6.07, 6.45) is 5.24. The van der Waals surface area contributed by atoms with Gasteiger partial charge in [0.15, 0.2) is 0 Å². The summed E-state index contributed by atoms with van der Waals surface area (Å²) in [5.74, 6) is 0.345. The Morgan fingerprint density at radius 3 is 2.64 bits per heavy atom. The Labute approximate surface area is 134 Å². The second-order valence-corrected chi connectivity index (χ2v) is 7.36. The molecule has 120 valence electrons. The number of aryl methyl sites for hydroxylation is 2. The van der Waals surface area contributed by atoms with Crippen LogP contribution in [-0.4, -0.2) is 48.9 Å². The quantitative estimate of drug-likeness (QED) is 0.857. The molecule has 0 N–H and O–H groups in total. The van der Waals surface area contributed by atoms with Crippen molar-refractivity contribution in [2.24, 2.45) is 5.41 Å². The molecule has 1 amide bonds. The van der Waals surface area contributed by atoms with E-state index in [0.29, 0.717) is 17.7 Å². The zero-order chi connectivity index (χ0) is 15.6. The molecule has 2 fully saturated rings. The van der Waals surface area contributed by atoms with Crippen LogP contribution in [0.3, 0.4) is 0 Å². The van der Waals surface area contributed by atoms with E-state index in [2.05, 4.69) is 48.0 Å². The number of piperidine rings is 1. The molecule has 1 aromatic carbocycles. The van der Waals surface area contributed by atoms with Crippen molar-refractivity contribution in [3.8, 4) is 0 Å². The molecule has 22 heavy (non-hydrogen) atoms. The van der Waals surface area contributed by atoms with Crippen molar-refractivity contribution in [1.82, 2.24) is 9.80 Å². The first-order valence-electron chi connectivity index (χ1n) is 8.58. The van der Waals surface area contributed by atoms with E-state index in [1.807, 2.05) is 0 Å². The van der Waals surface area contributed by atoms with Crippen LogP contribution in [0.4, 0.5) is 0 Å². The molecule has 1 aromatic rings. The molecule has 1 spiro atoms.